The summed E-state index contributed by atoms with van der Waals surface area (Å²) < 4.78 is 5.67. The first-order valence-corrected chi connectivity index (χ1v) is 7.77. The highest BCUT2D eigenvalue weighted by Gasteiger charge is 2.21. The Morgan fingerprint density at radius 2 is 1.61 bits per heavy atom. The summed E-state index contributed by atoms with van der Waals surface area (Å²) in [5, 5.41) is 21.6. The topological polar surface area (TPSA) is 49.7 Å². The monoisotopic (exact) mass is 306 g/mol. The Balaban J connectivity index is 2.13. The fraction of sp³-hybridized carbons (Fsp3) is 0.200. The summed E-state index contributed by atoms with van der Waals surface area (Å²) in [6.07, 6.45) is 0. The van der Waals surface area contributed by atoms with Gasteiger partial charge in [0.25, 0.3) is 0 Å². The van der Waals surface area contributed by atoms with Gasteiger partial charge in [0, 0.05) is 0 Å². The van der Waals surface area contributed by atoms with Gasteiger partial charge in [-0.25, -0.2) is 0 Å². The van der Waals surface area contributed by atoms with E-state index in [0.29, 0.717) is 13.2 Å². The Labute approximate surface area is 134 Å². The first kappa shape index (κ1) is 14.4. The fourth-order valence-electron chi connectivity index (χ4n) is 3.49. The molecule has 0 amide bonds. The largest absolute Gasteiger partial charge is 0.392 e. The molecule has 0 bridgehead atoms. The molecule has 0 fully saturated rings. The minimum atomic E-state index is 0.00187. The highest BCUT2D eigenvalue weighted by Crippen LogP contribution is 2.40. The molecular weight excluding hydrogens is 288 g/mol. The third-order valence-electron chi connectivity index (χ3n) is 4.61. The molecule has 3 aromatic carbocycles. The Bertz CT molecular complexity index is 883. The van der Waals surface area contributed by atoms with Gasteiger partial charge >= 0.3 is 0 Å². The predicted molar refractivity (Wildman–Crippen MR) is 89.7 cm³/mol. The summed E-state index contributed by atoms with van der Waals surface area (Å²) in [4.78, 5) is 0. The summed E-state index contributed by atoms with van der Waals surface area (Å²) in [5.41, 5.74) is 6.34. The van der Waals surface area contributed by atoms with Crippen molar-refractivity contribution >= 4 is 10.8 Å². The summed E-state index contributed by atoms with van der Waals surface area (Å²) >= 11 is 0. The molecule has 0 aromatic heterocycles. The number of hydrogen-bond acceptors (Lipinski definition) is 3. The zero-order chi connectivity index (χ0) is 15.8. The molecule has 3 aromatic rings. The summed E-state index contributed by atoms with van der Waals surface area (Å²) in [6.45, 7) is 1.20. The van der Waals surface area contributed by atoms with E-state index < -0.39 is 0 Å². The van der Waals surface area contributed by atoms with Crippen LogP contribution in [0.3, 0.4) is 0 Å². The summed E-state index contributed by atoms with van der Waals surface area (Å²) in [7, 11) is 0. The quantitative estimate of drug-likeness (QED) is 0.778. The van der Waals surface area contributed by atoms with Crippen molar-refractivity contribution in [3.63, 3.8) is 0 Å². The van der Waals surface area contributed by atoms with Gasteiger partial charge in [-0.05, 0) is 50.2 Å². The van der Waals surface area contributed by atoms with Crippen LogP contribution in [0.4, 0.5) is 0 Å². The first-order valence-electron chi connectivity index (χ1n) is 7.77. The predicted octanol–water partition coefficient (Wildman–Crippen LogP) is 3.52. The maximum Gasteiger partial charge on any atom is 0.0731 e. The van der Waals surface area contributed by atoms with Crippen LogP contribution in [0, 0.1) is 0 Å². The molecule has 0 aliphatic carbocycles. The first-order chi connectivity index (χ1) is 11.3. The standard InChI is InChI=1S/C20H18O3/c21-9-13-4-1-2-6-16(13)20-17-7-3-5-14(10-22)18(17)8-15-11-23-12-19(15)20/h1-8,21-22H,9-12H2. The zero-order valence-electron chi connectivity index (χ0n) is 12.7. The molecule has 0 saturated heterocycles. The third kappa shape index (κ3) is 2.25. The van der Waals surface area contributed by atoms with Crippen LogP contribution in [0.5, 0.6) is 0 Å². The zero-order valence-corrected chi connectivity index (χ0v) is 12.7. The Morgan fingerprint density at radius 3 is 2.43 bits per heavy atom. The number of aliphatic hydroxyl groups is 2. The maximum atomic E-state index is 9.73. The molecule has 0 saturated carbocycles. The van der Waals surface area contributed by atoms with Crippen molar-refractivity contribution in [3.8, 4) is 11.1 Å². The average molecular weight is 306 g/mol. The smallest absolute Gasteiger partial charge is 0.0731 e. The van der Waals surface area contributed by atoms with Gasteiger partial charge in [0.05, 0.1) is 26.4 Å². The Hall–Kier alpha value is -2.20. The average Bonchev–Trinajstić information content (AvgIpc) is 3.07. The van der Waals surface area contributed by atoms with Crippen molar-refractivity contribution in [2.45, 2.75) is 26.4 Å². The molecule has 1 aliphatic heterocycles. The number of aliphatic hydroxyl groups excluding tert-OH is 2. The SMILES string of the molecule is OCc1ccccc1-c1c2c(cc3c(CO)cccc13)COC2. The van der Waals surface area contributed by atoms with E-state index in [1.54, 1.807) is 0 Å². The van der Waals surface area contributed by atoms with Gasteiger partial charge in [0.15, 0.2) is 0 Å². The lowest BCUT2D eigenvalue weighted by Gasteiger charge is -2.16. The second-order valence-corrected chi connectivity index (χ2v) is 5.87. The van der Waals surface area contributed by atoms with Gasteiger partial charge in [0.2, 0.25) is 0 Å². The van der Waals surface area contributed by atoms with Crippen LogP contribution in [0.1, 0.15) is 22.3 Å². The molecule has 3 heteroatoms. The van der Waals surface area contributed by atoms with Crippen molar-refractivity contribution in [3.05, 3.63) is 70.8 Å². The number of hydrogen-bond donors (Lipinski definition) is 2. The molecule has 23 heavy (non-hydrogen) atoms. The van der Waals surface area contributed by atoms with E-state index >= 15 is 0 Å². The molecule has 1 heterocycles. The fourth-order valence-corrected chi connectivity index (χ4v) is 3.49. The van der Waals surface area contributed by atoms with Crippen molar-refractivity contribution < 1.29 is 14.9 Å². The normalized spacial score (nSPS) is 13.5. The van der Waals surface area contributed by atoms with Crippen molar-refractivity contribution in [1.82, 2.24) is 0 Å². The van der Waals surface area contributed by atoms with E-state index in [1.165, 1.54) is 11.1 Å². The van der Waals surface area contributed by atoms with Crippen molar-refractivity contribution in [2.24, 2.45) is 0 Å². The second-order valence-electron chi connectivity index (χ2n) is 5.87. The molecule has 0 unspecified atom stereocenters. The molecule has 0 spiro atoms. The maximum absolute atomic E-state index is 9.73. The van der Waals surface area contributed by atoms with Gasteiger partial charge in [-0.1, -0.05) is 42.5 Å². The van der Waals surface area contributed by atoms with Gasteiger partial charge < -0.3 is 14.9 Å². The molecule has 3 nitrogen and oxygen atoms in total. The van der Waals surface area contributed by atoms with E-state index in [1.807, 2.05) is 36.4 Å². The molecular formula is C20H18O3. The third-order valence-corrected chi connectivity index (χ3v) is 4.61. The molecule has 0 radical (unpaired) electrons. The van der Waals surface area contributed by atoms with Gasteiger partial charge in [-0.2, -0.15) is 0 Å². The number of rotatable bonds is 3. The van der Waals surface area contributed by atoms with Gasteiger partial charge in [-0.3, -0.25) is 0 Å². The van der Waals surface area contributed by atoms with E-state index in [4.69, 9.17) is 4.74 Å². The molecule has 2 N–H and O–H groups in total. The van der Waals surface area contributed by atoms with Crippen molar-refractivity contribution in [2.75, 3.05) is 0 Å². The molecule has 116 valence electrons. The van der Waals surface area contributed by atoms with Gasteiger partial charge in [-0.15, -0.1) is 0 Å². The Kier molecular flexibility index (Phi) is 3.62. The van der Waals surface area contributed by atoms with E-state index in [-0.39, 0.29) is 13.2 Å². The van der Waals surface area contributed by atoms with Crippen LogP contribution in [0.15, 0.2) is 48.5 Å². The number of benzene rings is 3. The molecule has 4 rings (SSSR count). The number of ether oxygens (including phenoxy) is 1. The summed E-state index contributed by atoms with van der Waals surface area (Å²) in [5.74, 6) is 0. The van der Waals surface area contributed by atoms with E-state index in [0.717, 1.165) is 33.0 Å². The number of fused-ring (bicyclic) bond motifs is 2. The summed E-state index contributed by atoms with van der Waals surface area (Å²) in [6, 6.07) is 16.1. The lowest BCUT2D eigenvalue weighted by atomic mass is 9.87. The Morgan fingerprint density at radius 1 is 0.826 bits per heavy atom. The van der Waals surface area contributed by atoms with Crippen LogP contribution >= 0.6 is 0 Å². The second kappa shape index (κ2) is 5.78. The van der Waals surface area contributed by atoms with E-state index in [2.05, 4.69) is 12.1 Å². The van der Waals surface area contributed by atoms with Crippen LogP contribution in [-0.2, 0) is 31.2 Å². The minimum Gasteiger partial charge on any atom is -0.392 e. The molecule has 1 aliphatic rings. The lowest BCUT2D eigenvalue weighted by Crippen LogP contribution is -1.97. The highest BCUT2D eigenvalue weighted by atomic mass is 16.5. The minimum absolute atomic E-state index is 0.00187. The van der Waals surface area contributed by atoms with Crippen LogP contribution in [0.2, 0.25) is 0 Å². The highest BCUT2D eigenvalue weighted by molar-refractivity contribution is 6.01. The van der Waals surface area contributed by atoms with Crippen LogP contribution < -0.4 is 0 Å². The molecule has 0 atom stereocenters. The lowest BCUT2D eigenvalue weighted by molar-refractivity contribution is 0.134. The van der Waals surface area contributed by atoms with E-state index in [9.17, 15) is 10.2 Å². The van der Waals surface area contributed by atoms with Gasteiger partial charge in [0.1, 0.15) is 0 Å². The van der Waals surface area contributed by atoms with Crippen molar-refractivity contribution in [1.29, 1.82) is 0 Å². The van der Waals surface area contributed by atoms with Crippen LogP contribution in [-0.4, -0.2) is 10.2 Å². The van der Waals surface area contributed by atoms with Crippen LogP contribution in [0.25, 0.3) is 21.9 Å².